The molecule has 0 heterocycles. The van der Waals surface area contributed by atoms with Crippen LogP contribution >= 0.6 is 0 Å². The number of hydrogen-bond donors (Lipinski definition) is 3. The Morgan fingerprint density at radius 1 is 0.346 bits per heavy atom. The van der Waals surface area contributed by atoms with Gasteiger partial charge in [-0.05, 0) is 89.9 Å². The van der Waals surface area contributed by atoms with Gasteiger partial charge in [0.2, 0.25) is 5.91 Å². The van der Waals surface area contributed by atoms with Gasteiger partial charge >= 0.3 is 5.97 Å². The highest BCUT2D eigenvalue weighted by atomic mass is 16.5. The number of carbonyl (C=O) groups is 2. The van der Waals surface area contributed by atoms with Gasteiger partial charge in [0.05, 0.1) is 25.4 Å². The quantitative estimate of drug-likeness (QED) is 0.0320. The molecule has 0 bridgehead atoms. The number of rotatable bonds is 68. The minimum absolute atomic E-state index is 0.00308. The lowest BCUT2D eigenvalue weighted by Crippen LogP contribution is -2.45. The van der Waals surface area contributed by atoms with E-state index in [0.717, 1.165) is 57.8 Å². The van der Waals surface area contributed by atoms with Crippen molar-refractivity contribution >= 4 is 11.9 Å². The van der Waals surface area contributed by atoms with Crippen molar-refractivity contribution in [2.45, 2.75) is 405 Å². The van der Waals surface area contributed by atoms with Gasteiger partial charge in [-0.3, -0.25) is 9.59 Å². The van der Waals surface area contributed by atoms with Gasteiger partial charge in [-0.15, -0.1) is 0 Å². The molecule has 6 heteroatoms. The second-order valence-electron chi connectivity index (χ2n) is 24.9. The maximum Gasteiger partial charge on any atom is 0.305 e. The summed E-state index contributed by atoms with van der Waals surface area (Å²) < 4.78 is 5.48. The van der Waals surface area contributed by atoms with Crippen LogP contribution in [0.4, 0.5) is 0 Å². The normalized spacial score (nSPS) is 12.8. The highest BCUT2D eigenvalue weighted by Crippen LogP contribution is 2.19. The van der Waals surface area contributed by atoms with E-state index in [0.29, 0.717) is 25.9 Å². The van der Waals surface area contributed by atoms with Gasteiger partial charge in [-0.25, -0.2) is 0 Å². The van der Waals surface area contributed by atoms with E-state index in [-0.39, 0.29) is 18.5 Å². The second kappa shape index (κ2) is 70.3. The maximum atomic E-state index is 12.6. The molecule has 476 valence electrons. The molecule has 0 spiro atoms. The van der Waals surface area contributed by atoms with E-state index >= 15 is 0 Å². The van der Waals surface area contributed by atoms with Crippen LogP contribution in [0.5, 0.6) is 0 Å². The average Bonchev–Trinajstić information content (AvgIpc) is 3.47. The fourth-order valence-electron chi connectivity index (χ4n) is 11.3. The molecular formula is C75H141NO5. The van der Waals surface area contributed by atoms with Crippen LogP contribution in [0.2, 0.25) is 0 Å². The number of esters is 1. The van der Waals surface area contributed by atoms with Gasteiger partial charge in [-0.1, -0.05) is 339 Å². The van der Waals surface area contributed by atoms with Crippen molar-refractivity contribution in [2.75, 3.05) is 13.2 Å². The van der Waals surface area contributed by atoms with Crippen LogP contribution in [0.25, 0.3) is 0 Å². The van der Waals surface area contributed by atoms with Gasteiger partial charge < -0.3 is 20.3 Å². The van der Waals surface area contributed by atoms with Crippen LogP contribution in [-0.4, -0.2) is 47.4 Å². The molecule has 0 aliphatic carbocycles. The van der Waals surface area contributed by atoms with Gasteiger partial charge in [0, 0.05) is 12.8 Å². The number of allylic oxidation sites excluding steroid dienone is 8. The standard InChI is InChI=1S/C75H141NO5/c1-3-5-7-9-11-13-15-17-19-20-21-22-30-33-36-40-43-47-51-55-59-63-67-73(78)72(71-77)76-74(79)68-64-60-56-52-48-44-41-37-34-31-28-26-24-23-25-27-29-32-35-38-42-46-50-54-58-62-66-70-81-75(80)69-65-61-57-53-49-45-39-18-16-14-12-10-8-6-4-2/h12,14,18,23-24,27,29,39,72-73,77-78H,3-11,13,15-17,19-22,25-26,28,30-38,40-71H2,1-2H3,(H,76,79)/b14-12-,24-23-,29-27-,39-18-. The van der Waals surface area contributed by atoms with Crippen LogP contribution in [0.15, 0.2) is 48.6 Å². The third-order valence-electron chi connectivity index (χ3n) is 16.9. The molecule has 0 saturated heterocycles. The molecule has 0 aliphatic rings. The number of amides is 1. The molecule has 0 aliphatic heterocycles. The number of aliphatic hydroxyl groups is 2. The molecule has 0 radical (unpaired) electrons. The van der Waals surface area contributed by atoms with Crippen molar-refractivity contribution in [1.82, 2.24) is 5.32 Å². The van der Waals surface area contributed by atoms with Crippen molar-refractivity contribution in [3.8, 4) is 0 Å². The summed E-state index contributed by atoms with van der Waals surface area (Å²) >= 11 is 0. The molecule has 0 rings (SSSR count). The minimum atomic E-state index is -0.669. The molecule has 0 aromatic rings. The first kappa shape index (κ1) is 78.8. The van der Waals surface area contributed by atoms with Gasteiger partial charge in [-0.2, -0.15) is 0 Å². The molecule has 0 saturated carbocycles. The Hall–Kier alpha value is -2.18. The van der Waals surface area contributed by atoms with Crippen molar-refractivity contribution < 1.29 is 24.5 Å². The largest absolute Gasteiger partial charge is 0.466 e. The minimum Gasteiger partial charge on any atom is -0.466 e. The van der Waals surface area contributed by atoms with E-state index in [4.69, 9.17) is 4.74 Å². The van der Waals surface area contributed by atoms with Crippen molar-refractivity contribution in [1.29, 1.82) is 0 Å². The zero-order valence-electron chi connectivity index (χ0n) is 54.5. The number of hydrogen-bond acceptors (Lipinski definition) is 5. The van der Waals surface area contributed by atoms with Crippen LogP contribution in [0.1, 0.15) is 393 Å². The van der Waals surface area contributed by atoms with E-state index in [9.17, 15) is 19.8 Å². The maximum absolute atomic E-state index is 12.6. The Kier molecular flexibility index (Phi) is 68.4. The molecule has 2 atom stereocenters. The topological polar surface area (TPSA) is 95.9 Å². The molecular weight excluding hydrogens is 995 g/mol. The predicted molar refractivity (Wildman–Crippen MR) is 356 cm³/mol. The summed E-state index contributed by atoms with van der Waals surface area (Å²) in [7, 11) is 0. The van der Waals surface area contributed by atoms with Crippen molar-refractivity contribution in [2.24, 2.45) is 0 Å². The highest BCUT2D eigenvalue weighted by Gasteiger charge is 2.20. The first-order valence-corrected chi connectivity index (χ1v) is 36.4. The SMILES string of the molecule is CCCCC/C=C\C/C=C\CCCCCCCC(=O)OCCCCCCCCCCC/C=C\C/C=C\CCCCCCCCCCCCCC(=O)NC(CO)C(O)CCCCCCCCCCCCCCCCCCCCCCCC. The van der Waals surface area contributed by atoms with Gasteiger partial charge in [0.1, 0.15) is 0 Å². The van der Waals surface area contributed by atoms with Gasteiger partial charge in [0.15, 0.2) is 0 Å². The van der Waals surface area contributed by atoms with E-state index in [2.05, 4.69) is 67.8 Å². The Bertz CT molecular complexity index is 1360. The molecule has 1 amide bonds. The fourth-order valence-corrected chi connectivity index (χ4v) is 11.3. The summed E-state index contributed by atoms with van der Waals surface area (Å²) in [6.07, 6.45) is 91.6. The molecule has 0 fully saturated rings. The lowest BCUT2D eigenvalue weighted by molar-refractivity contribution is -0.143. The Morgan fingerprint density at radius 2 is 0.617 bits per heavy atom. The van der Waals surface area contributed by atoms with Gasteiger partial charge in [0.25, 0.3) is 0 Å². The van der Waals surface area contributed by atoms with E-state index in [1.54, 1.807) is 0 Å². The summed E-state index contributed by atoms with van der Waals surface area (Å²) in [5.74, 6) is -0.0375. The zero-order chi connectivity index (χ0) is 58.5. The van der Waals surface area contributed by atoms with E-state index < -0.39 is 12.1 Å². The second-order valence-corrected chi connectivity index (χ2v) is 24.9. The monoisotopic (exact) mass is 1140 g/mol. The summed E-state index contributed by atoms with van der Waals surface area (Å²) in [5, 5.41) is 23.4. The fraction of sp³-hybridized carbons (Fsp3) is 0.867. The Labute approximate surface area is 506 Å². The van der Waals surface area contributed by atoms with Crippen LogP contribution in [-0.2, 0) is 14.3 Å². The lowest BCUT2D eigenvalue weighted by Gasteiger charge is -2.22. The Balaban J connectivity index is 3.43. The first-order valence-electron chi connectivity index (χ1n) is 36.4. The van der Waals surface area contributed by atoms with Crippen LogP contribution in [0.3, 0.4) is 0 Å². The molecule has 0 aromatic carbocycles. The van der Waals surface area contributed by atoms with E-state index in [1.165, 1.54) is 302 Å². The number of nitrogens with one attached hydrogen (secondary N) is 1. The third kappa shape index (κ3) is 66.8. The summed E-state index contributed by atoms with van der Waals surface area (Å²) in [4.78, 5) is 24.6. The molecule has 6 nitrogen and oxygen atoms in total. The smallest absolute Gasteiger partial charge is 0.305 e. The number of unbranched alkanes of at least 4 members (excludes halogenated alkanes) is 49. The predicted octanol–water partition coefficient (Wildman–Crippen LogP) is 23.6. The molecule has 81 heavy (non-hydrogen) atoms. The third-order valence-corrected chi connectivity index (χ3v) is 16.9. The van der Waals surface area contributed by atoms with Crippen LogP contribution < -0.4 is 5.32 Å². The number of carbonyl (C=O) groups excluding carboxylic acids is 2. The number of ether oxygens (including phenoxy) is 1. The summed E-state index contributed by atoms with van der Waals surface area (Å²) in [5.41, 5.74) is 0. The molecule has 3 N–H and O–H groups in total. The number of aliphatic hydroxyl groups excluding tert-OH is 2. The average molecular weight is 1140 g/mol. The Morgan fingerprint density at radius 3 is 0.963 bits per heavy atom. The van der Waals surface area contributed by atoms with Crippen molar-refractivity contribution in [3.05, 3.63) is 48.6 Å². The lowest BCUT2D eigenvalue weighted by atomic mass is 10.0. The molecule has 0 aromatic heterocycles. The molecule has 2 unspecified atom stereocenters. The highest BCUT2D eigenvalue weighted by molar-refractivity contribution is 5.76. The summed E-state index contributed by atoms with van der Waals surface area (Å²) in [6.45, 7) is 4.95. The van der Waals surface area contributed by atoms with Crippen LogP contribution in [0, 0.1) is 0 Å². The zero-order valence-corrected chi connectivity index (χ0v) is 54.5. The van der Waals surface area contributed by atoms with E-state index in [1.807, 2.05) is 0 Å². The first-order chi connectivity index (χ1) is 40.0. The van der Waals surface area contributed by atoms with Crippen molar-refractivity contribution in [3.63, 3.8) is 0 Å². The summed E-state index contributed by atoms with van der Waals surface area (Å²) in [6, 6.07) is -0.546.